The van der Waals surface area contributed by atoms with Gasteiger partial charge in [0, 0.05) is 19.9 Å². The van der Waals surface area contributed by atoms with Crippen molar-refractivity contribution in [3.05, 3.63) is 81.1 Å². The van der Waals surface area contributed by atoms with Crippen molar-refractivity contribution in [2.75, 3.05) is 25.6 Å². The minimum absolute atomic E-state index is 0.223. The molecule has 0 spiro atoms. The third-order valence-corrected chi connectivity index (χ3v) is 6.08. The van der Waals surface area contributed by atoms with Crippen molar-refractivity contribution >= 4 is 51.7 Å². The Morgan fingerprint density at radius 3 is 2.71 bits per heavy atom. The van der Waals surface area contributed by atoms with Crippen LogP contribution in [0, 0.1) is 0 Å². The van der Waals surface area contributed by atoms with Gasteiger partial charge < -0.3 is 10.1 Å². The maximum absolute atomic E-state index is 13.2. The predicted molar refractivity (Wildman–Crippen MR) is 127 cm³/mol. The van der Waals surface area contributed by atoms with Gasteiger partial charge in [0.15, 0.2) is 0 Å². The number of amides is 1. The van der Waals surface area contributed by atoms with E-state index in [9.17, 15) is 9.59 Å². The molecule has 31 heavy (non-hydrogen) atoms. The third-order valence-electron chi connectivity index (χ3n) is 4.70. The molecule has 1 aliphatic rings. The summed E-state index contributed by atoms with van der Waals surface area (Å²) in [4.78, 5) is 32.7. The van der Waals surface area contributed by atoms with E-state index in [4.69, 9.17) is 17.0 Å². The van der Waals surface area contributed by atoms with Crippen molar-refractivity contribution in [1.29, 1.82) is 0 Å². The Bertz CT molecular complexity index is 1220. The van der Waals surface area contributed by atoms with Crippen LogP contribution >= 0.6 is 24.0 Å². The average Bonchev–Trinajstić information content (AvgIpc) is 3.04. The third kappa shape index (κ3) is 4.53. The number of carbonyl (C=O) groups excluding carboxylic acids is 1. The summed E-state index contributed by atoms with van der Waals surface area (Å²) in [5.41, 5.74) is 1.54. The SMILES string of the molecule is COCCNc1nc2ccccn2c(=O)c1/C=C1\SC(=S)N(Cc2ccccc2)C1=O. The first-order valence-corrected chi connectivity index (χ1v) is 10.8. The highest BCUT2D eigenvalue weighted by atomic mass is 32.2. The summed E-state index contributed by atoms with van der Waals surface area (Å²) in [6, 6.07) is 15.0. The highest BCUT2D eigenvalue weighted by Gasteiger charge is 2.32. The van der Waals surface area contributed by atoms with E-state index in [-0.39, 0.29) is 11.5 Å². The van der Waals surface area contributed by atoms with Gasteiger partial charge in [0.05, 0.1) is 23.6 Å². The van der Waals surface area contributed by atoms with Crippen molar-refractivity contribution < 1.29 is 9.53 Å². The summed E-state index contributed by atoms with van der Waals surface area (Å²) >= 11 is 6.62. The monoisotopic (exact) mass is 452 g/mol. The van der Waals surface area contributed by atoms with Gasteiger partial charge in [-0.25, -0.2) is 4.98 Å². The zero-order chi connectivity index (χ0) is 21.8. The standard InChI is InChI=1S/C22H20N4O3S2/c1-29-12-10-23-19-16(20(27)25-11-6-5-9-18(25)24-19)13-17-21(28)26(22(30)31-17)14-15-7-3-2-4-8-15/h2-9,11,13,23H,10,12,14H2,1H3/b17-13-. The molecule has 0 bridgehead atoms. The molecule has 4 rings (SSSR count). The van der Waals surface area contributed by atoms with E-state index in [2.05, 4.69) is 10.3 Å². The number of fused-ring (bicyclic) bond motifs is 1. The Hall–Kier alpha value is -3.01. The summed E-state index contributed by atoms with van der Waals surface area (Å²) in [6.07, 6.45) is 3.23. The van der Waals surface area contributed by atoms with Gasteiger partial charge >= 0.3 is 0 Å². The molecular weight excluding hydrogens is 432 g/mol. The Kier molecular flexibility index (Phi) is 6.45. The van der Waals surface area contributed by atoms with E-state index in [1.807, 2.05) is 36.4 Å². The number of hydrogen-bond donors (Lipinski definition) is 1. The Morgan fingerprint density at radius 1 is 1.16 bits per heavy atom. The molecule has 0 saturated carbocycles. The van der Waals surface area contributed by atoms with Gasteiger partial charge in [-0.05, 0) is 23.8 Å². The van der Waals surface area contributed by atoms with E-state index in [1.54, 1.807) is 36.4 Å². The molecule has 1 N–H and O–H groups in total. The molecule has 0 radical (unpaired) electrons. The number of methoxy groups -OCH3 is 1. The molecule has 2 aromatic heterocycles. The minimum Gasteiger partial charge on any atom is -0.383 e. The lowest BCUT2D eigenvalue weighted by molar-refractivity contribution is -0.122. The first-order chi connectivity index (χ1) is 15.1. The van der Waals surface area contributed by atoms with Crippen LogP contribution < -0.4 is 10.9 Å². The van der Waals surface area contributed by atoms with Gasteiger partial charge in [0.1, 0.15) is 15.8 Å². The lowest BCUT2D eigenvalue weighted by Gasteiger charge is -2.14. The molecule has 1 amide bonds. The van der Waals surface area contributed by atoms with Gasteiger partial charge in [-0.2, -0.15) is 0 Å². The fraction of sp³-hybridized carbons (Fsp3) is 0.182. The van der Waals surface area contributed by atoms with E-state index >= 15 is 0 Å². The summed E-state index contributed by atoms with van der Waals surface area (Å²) in [7, 11) is 1.60. The second kappa shape index (κ2) is 9.42. The van der Waals surface area contributed by atoms with Gasteiger partial charge in [-0.15, -0.1) is 0 Å². The fourth-order valence-electron chi connectivity index (χ4n) is 3.17. The molecule has 3 heterocycles. The molecule has 0 aliphatic carbocycles. The van der Waals surface area contributed by atoms with Crippen LogP contribution in [0.25, 0.3) is 11.7 Å². The minimum atomic E-state index is -0.265. The summed E-state index contributed by atoms with van der Waals surface area (Å²) in [6.45, 7) is 1.31. The van der Waals surface area contributed by atoms with E-state index < -0.39 is 0 Å². The molecule has 7 nitrogen and oxygen atoms in total. The zero-order valence-electron chi connectivity index (χ0n) is 16.8. The lowest BCUT2D eigenvalue weighted by Crippen LogP contribution is -2.27. The quantitative estimate of drug-likeness (QED) is 0.335. The number of ether oxygens (including phenoxy) is 1. The average molecular weight is 453 g/mol. The van der Waals surface area contributed by atoms with Crippen LogP contribution in [0.3, 0.4) is 0 Å². The van der Waals surface area contributed by atoms with Crippen LogP contribution in [0.15, 0.2) is 64.4 Å². The maximum atomic E-state index is 13.2. The van der Waals surface area contributed by atoms with Gasteiger partial charge in [-0.1, -0.05) is 60.4 Å². The smallest absolute Gasteiger partial charge is 0.267 e. The number of nitrogens with one attached hydrogen (secondary N) is 1. The van der Waals surface area contributed by atoms with Crippen molar-refractivity contribution in [2.45, 2.75) is 6.54 Å². The van der Waals surface area contributed by atoms with Gasteiger partial charge in [0.25, 0.3) is 11.5 Å². The molecule has 158 valence electrons. The number of nitrogens with zero attached hydrogens (tertiary/aromatic N) is 3. The number of thiocarbonyl (C=S) groups is 1. The van der Waals surface area contributed by atoms with Crippen LogP contribution in [-0.2, 0) is 16.1 Å². The highest BCUT2D eigenvalue weighted by molar-refractivity contribution is 8.26. The summed E-state index contributed by atoms with van der Waals surface area (Å²) in [5.74, 6) is 0.181. The highest BCUT2D eigenvalue weighted by Crippen LogP contribution is 2.34. The fourth-order valence-corrected chi connectivity index (χ4v) is 4.41. The summed E-state index contributed by atoms with van der Waals surface area (Å²) in [5, 5.41) is 3.14. The van der Waals surface area contributed by atoms with Crippen molar-refractivity contribution in [3.63, 3.8) is 0 Å². The van der Waals surface area contributed by atoms with Crippen LogP contribution in [-0.4, -0.2) is 44.8 Å². The van der Waals surface area contributed by atoms with Crippen LogP contribution in [0.2, 0.25) is 0 Å². The van der Waals surface area contributed by atoms with Crippen LogP contribution in [0.4, 0.5) is 5.82 Å². The van der Waals surface area contributed by atoms with Crippen LogP contribution in [0.5, 0.6) is 0 Å². The molecule has 1 fully saturated rings. The molecular formula is C22H20N4O3S2. The Labute approximate surface area is 188 Å². The first kappa shape index (κ1) is 21.2. The second-order valence-corrected chi connectivity index (χ2v) is 8.46. The molecule has 1 aromatic carbocycles. The van der Waals surface area contributed by atoms with Crippen molar-refractivity contribution in [1.82, 2.24) is 14.3 Å². The van der Waals surface area contributed by atoms with Gasteiger partial charge in [-0.3, -0.25) is 18.9 Å². The molecule has 0 atom stereocenters. The van der Waals surface area contributed by atoms with E-state index in [0.717, 1.165) is 5.56 Å². The second-order valence-electron chi connectivity index (χ2n) is 6.78. The maximum Gasteiger partial charge on any atom is 0.267 e. The number of pyridine rings is 1. The number of aromatic nitrogens is 2. The molecule has 0 unspecified atom stereocenters. The largest absolute Gasteiger partial charge is 0.383 e. The number of rotatable bonds is 7. The van der Waals surface area contributed by atoms with Crippen molar-refractivity contribution in [3.8, 4) is 0 Å². The predicted octanol–water partition coefficient (Wildman–Crippen LogP) is 3.15. The Morgan fingerprint density at radius 2 is 1.94 bits per heavy atom. The molecule has 3 aromatic rings. The van der Waals surface area contributed by atoms with Crippen LogP contribution in [0.1, 0.15) is 11.1 Å². The molecule has 9 heteroatoms. The lowest BCUT2D eigenvalue weighted by atomic mass is 10.2. The van der Waals surface area contributed by atoms with E-state index in [1.165, 1.54) is 16.2 Å². The topological polar surface area (TPSA) is 75.9 Å². The number of benzene rings is 1. The summed E-state index contributed by atoms with van der Waals surface area (Å²) < 4.78 is 7.00. The van der Waals surface area contributed by atoms with Crippen molar-refractivity contribution in [2.24, 2.45) is 0 Å². The Balaban J connectivity index is 1.71. The normalized spacial score (nSPS) is 15.3. The van der Waals surface area contributed by atoms with Gasteiger partial charge in [0.2, 0.25) is 0 Å². The number of anilines is 1. The number of carbonyl (C=O) groups is 1. The number of thioether (sulfide) groups is 1. The molecule has 1 saturated heterocycles. The number of hydrogen-bond acceptors (Lipinski definition) is 7. The molecule has 1 aliphatic heterocycles. The van der Waals surface area contributed by atoms with E-state index in [0.29, 0.717) is 46.0 Å². The zero-order valence-corrected chi connectivity index (χ0v) is 18.4. The first-order valence-electron chi connectivity index (χ1n) is 9.62.